The first-order chi connectivity index (χ1) is 11.9. The number of nitrogens with two attached hydrogens (primary N) is 1. The van der Waals surface area contributed by atoms with Crippen molar-refractivity contribution in [3.63, 3.8) is 0 Å². The van der Waals surface area contributed by atoms with Crippen LogP contribution in [0.3, 0.4) is 0 Å². The molecule has 1 heterocycles. The standard InChI is InChI=1S/C18H21N5O2/c1-11(24)20-10-17-7-18(8-17,9-17)21-14-6-13(22-23-16(14)19)12-4-2-3-5-15(12)25/h2-6,25H,7-10H2,1H3,(H2,19,23)(H,20,24)(H,21,22). The van der Waals surface area contributed by atoms with Crippen molar-refractivity contribution < 1.29 is 9.90 Å². The van der Waals surface area contributed by atoms with Gasteiger partial charge in [-0.1, -0.05) is 12.1 Å². The van der Waals surface area contributed by atoms with Crippen molar-refractivity contribution in [2.24, 2.45) is 5.41 Å². The number of phenols is 1. The Labute approximate surface area is 145 Å². The fourth-order valence-corrected chi connectivity index (χ4v) is 4.24. The molecule has 3 aliphatic rings. The monoisotopic (exact) mass is 339 g/mol. The van der Waals surface area contributed by atoms with Crippen LogP contribution >= 0.6 is 0 Å². The molecule has 3 aliphatic carbocycles. The second-order valence-electron chi connectivity index (χ2n) is 7.39. The second-order valence-corrected chi connectivity index (χ2v) is 7.39. The minimum atomic E-state index is 0.0154. The number of hydrogen-bond acceptors (Lipinski definition) is 6. The Bertz CT molecular complexity index is 831. The van der Waals surface area contributed by atoms with E-state index in [9.17, 15) is 9.90 Å². The molecular formula is C18H21N5O2. The lowest BCUT2D eigenvalue weighted by Crippen LogP contribution is -2.73. The quantitative estimate of drug-likeness (QED) is 0.662. The van der Waals surface area contributed by atoms with Crippen molar-refractivity contribution in [2.75, 3.05) is 17.6 Å². The van der Waals surface area contributed by atoms with Gasteiger partial charge in [0.25, 0.3) is 0 Å². The van der Waals surface area contributed by atoms with E-state index >= 15 is 0 Å². The van der Waals surface area contributed by atoms with Crippen LogP contribution in [0, 0.1) is 5.41 Å². The van der Waals surface area contributed by atoms with Gasteiger partial charge in [0.15, 0.2) is 5.82 Å². The van der Waals surface area contributed by atoms with Gasteiger partial charge in [0.2, 0.25) is 5.91 Å². The van der Waals surface area contributed by atoms with Crippen LogP contribution in [-0.4, -0.2) is 33.3 Å². The zero-order chi connectivity index (χ0) is 17.7. The van der Waals surface area contributed by atoms with Crippen LogP contribution in [0.25, 0.3) is 11.3 Å². The molecular weight excluding hydrogens is 318 g/mol. The fourth-order valence-electron chi connectivity index (χ4n) is 4.24. The molecule has 0 atom stereocenters. The van der Waals surface area contributed by atoms with E-state index in [1.165, 1.54) is 0 Å². The normalized spacial score (nSPS) is 26.3. The molecule has 0 unspecified atom stereocenters. The first-order valence-electron chi connectivity index (χ1n) is 8.35. The maximum Gasteiger partial charge on any atom is 0.216 e. The van der Waals surface area contributed by atoms with Crippen molar-refractivity contribution in [1.29, 1.82) is 0 Å². The maximum absolute atomic E-state index is 11.1. The average Bonchev–Trinajstić information content (AvgIpc) is 2.50. The first kappa shape index (κ1) is 15.7. The third-order valence-corrected chi connectivity index (χ3v) is 5.25. The number of carbonyl (C=O) groups excluding carboxylic acids is 1. The summed E-state index contributed by atoms with van der Waals surface area (Å²) in [7, 11) is 0. The zero-order valence-corrected chi connectivity index (χ0v) is 14.0. The Balaban J connectivity index is 1.49. The van der Waals surface area contributed by atoms with Gasteiger partial charge in [0.05, 0.1) is 11.4 Å². The number of benzene rings is 1. The molecule has 7 nitrogen and oxygen atoms in total. The third-order valence-electron chi connectivity index (χ3n) is 5.25. The van der Waals surface area contributed by atoms with Gasteiger partial charge in [-0.25, -0.2) is 0 Å². The molecule has 0 spiro atoms. The summed E-state index contributed by atoms with van der Waals surface area (Å²) >= 11 is 0. The second kappa shape index (κ2) is 5.34. The number of amides is 1. The lowest BCUT2D eigenvalue weighted by Gasteiger charge is -2.71. The van der Waals surface area contributed by atoms with Crippen LogP contribution in [0.1, 0.15) is 26.2 Å². The van der Waals surface area contributed by atoms with Crippen LogP contribution in [0.15, 0.2) is 30.3 Å². The fraction of sp³-hybridized carbons (Fsp3) is 0.389. The minimum Gasteiger partial charge on any atom is -0.507 e. The van der Waals surface area contributed by atoms with E-state index in [1.807, 2.05) is 12.1 Å². The van der Waals surface area contributed by atoms with E-state index in [1.54, 1.807) is 25.1 Å². The number of nitrogen functional groups attached to an aromatic ring is 1. The number of aromatic nitrogens is 2. The highest BCUT2D eigenvalue weighted by Crippen LogP contribution is 2.68. The van der Waals surface area contributed by atoms with Gasteiger partial charge in [0, 0.05) is 24.6 Å². The molecule has 1 aromatic heterocycles. The predicted molar refractivity (Wildman–Crippen MR) is 94.9 cm³/mol. The van der Waals surface area contributed by atoms with Gasteiger partial charge in [-0.15, -0.1) is 10.2 Å². The molecule has 2 bridgehead atoms. The lowest BCUT2D eigenvalue weighted by atomic mass is 9.39. The Morgan fingerprint density at radius 2 is 2.00 bits per heavy atom. The SMILES string of the molecule is CC(=O)NCC12CC(Nc3cc(-c4ccccc4O)nnc3N)(C1)C2. The molecule has 25 heavy (non-hydrogen) atoms. The topological polar surface area (TPSA) is 113 Å². The van der Waals surface area contributed by atoms with E-state index < -0.39 is 0 Å². The third kappa shape index (κ3) is 2.65. The van der Waals surface area contributed by atoms with Gasteiger partial charge in [-0.2, -0.15) is 0 Å². The highest BCUT2D eigenvalue weighted by atomic mass is 16.3. The Hall–Kier alpha value is -2.83. The van der Waals surface area contributed by atoms with Crippen molar-refractivity contribution in [3.8, 4) is 17.0 Å². The molecule has 130 valence electrons. The summed E-state index contributed by atoms with van der Waals surface area (Å²) in [6.07, 6.45) is 3.02. The highest BCUT2D eigenvalue weighted by molar-refractivity contribution is 5.74. The number of rotatable bonds is 5. The smallest absolute Gasteiger partial charge is 0.216 e. The molecule has 5 N–H and O–H groups in total. The minimum absolute atomic E-state index is 0.0154. The first-order valence-corrected chi connectivity index (χ1v) is 8.35. The molecule has 0 radical (unpaired) electrons. The number of carbonyl (C=O) groups is 1. The van der Waals surface area contributed by atoms with E-state index in [0.717, 1.165) is 31.5 Å². The number of nitrogens with one attached hydrogen (secondary N) is 2. The van der Waals surface area contributed by atoms with Crippen LogP contribution in [0.2, 0.25) is 0 Å². The molecule has 1 aromatic carbocycles. The van der Waals surface area contributed by atoms with Gasteiger partial charge in [-0.05, 0) is 42.9 Å². The number of hydrogen-bond donors (Lipinski definition) is 4. The summed E-state index contributed by atoms with van der Waals surface area (Å²) in [4.78, 5) is 11.1. The van der Waals surface area contributed by atoms with Gasteiger partial charge in [0.1, 0.15) is 5.75 Å². The molecule has 2 aromatic rings. The largest absolute Gasteiger partial charge is 0.507 e. The summed E-state index contributed by atoms with van der Waals surface area (Å²) in [5.74, 6) is 0.522. The van der Waals surface area contributed by atoms with Crippen molar-refractivity contribution >= 4 is 17.4 Å². The Morgan fingerprint density at radius 1 is 1.28 bits per heavy atom. The van der Waals surface area contributed by atoms with Gasteiger partial charge >= 0.3 is 0 Å². The predicted octanol–water partition coefficient (Wildman–Crippen LogP) is 1.90. The zero-order valence-electron chi connectivity index (χ0n) is 14.0. The Kier molecular flexibility index (Phi) is 3.35. The lowest BCUT2D eigenvalue weighted by molar-refractivity contribution is -0.130. The summed E-state index contributed by atoms with van der Waals surface area (Å²) in [5, 5.41) is 24.6. The van der Waals surface area contributed by atoms with Crippen molar-refractivity contribution in [2.45, 2.75) is 31.7 Å². The van der Waals surface area contributed by atoms with Crippen LogP contribution in [0.5, 0.6) is 5.75 Å². The van der Waals surface area contributed by atoms with Crippen molar-refractivity contribution in [1.82, 2.24) is 15.5 Å². The number of para-hydroxylation sites is 1. The van der Waals surface area contributed by atoms with E-state index in [0.29, 0.717) is 17.1 Å². The average molecular weight is 339 g/mol. The number of phenolic OH excluding ortho intramolecular Hbond substituents is 1. The van der Waals surface area contributed by atoms with Gasteiger partial charge < -0.3 is 21.5 Å². The van der Waals surface area contributed by atoms with E-state index in [2.05, 4.69) is 20.8 Å². The maximum atomic E-state index is 11.1. The van der Waals surface area contributed by atoms with Crippen LogP contribution in [0.4, 0.5) is 11.5 Å². The summed E-state index contributed by atoms with van der Waals surface area (Å²) < 4.78 is 0. The van der Waals surface area contributed by atoms with Gasteiger partial charge in [-0.3, -0.25) is 4.79 Å². The molecule has 0 saturated heterocycles. The van der Waals surface area contributed by atoms with Crippen LogP contribution < -0.4 is 16.4 Å². The molecule has 7 heteroatoms. The summed E-state index contributed by atoms with van der Waals surface area (Å²) in [6.45, 7) is 2.28. The number of anilines is 2. The summed E-state index contributed by atoms with van der Waals surface area (Å²) in [6, 6.07) is 8.85. The molecule has 0 aliphatic heterocycles. The molecule has 5 rings (SSSR count). The Morgan fingerprint density at radius 3 is 2.68 bits per heavy atom. The summed E-state index contributed by atoms with van der Waals surface area (Å²) in [5.41, 5.74) is 8.19. The molecule has 3 fully saturated rings. The molecule has 3 saturated carbocycles. The molecule has 1 amide bonds. The van der Waals surface area contributed by atoms with Crippen molar-refractivity contribution in [3.05, 3.63) is 30.3 Å². The highest BCUT2D eigenvalue weighted by Gasteiger charge is 2.67. The van der Waals surface area contributed by atoms with E-state index in [-0.39, 0.29) is 22.6 Å². The van der Waals surface area contributed by atoms with E-state index in [4.69, 9.17) is 5.73 Å². The number of nitrogens with zero attached hydrogens (tertiary/aromatic N) is 2. The van der Waals surface area contributed by atoms with Crippen LogP contribution in [-0.2, 0) is 4.79 Å². The number of aromatic hydroxyl groups is 1.